The van der Waals surface area contributed by atoms with E-state index in [1.165, 1.54) is 19.2 Å². The Morgan fingerprint density at radius 2 is 1.77 bits per heavy atom. The molecule has 1 heterocycles. The van der Waals surface area contributed by atoms with Gasteiger partial charge < -0.3 is 9.29 Å². The van der Waals surface area contributed by atoms with Crippen LogP contribution < -0.4 is 15.9 Å². The second-order valence-corrected chi connectivity index (χ2v) is 8.10. The maximum atomic E-state index is 14.6. The number of benzene rings is 2. The van der Waals surface area contributed by atoms with Gasteiger partial charge in [-0.05, 0) is 35.7 Å². The van der Waals surface area contributed by atoms with E-state index in [1.807, 2.05) is 26.0 Å². The maximum absolute atomic E-state index is 14.6. The van der Waals surface area contributed by atoms with Gasteiger partial charge in [0.1, 0.15) is 23.3 Å². The third-order valence-corrected chi connectivity index (χ3v) is 5.60. The maximum Gasteiger partial charge on any atom is 0.441 e. The van der Waals surface area contributed by atoms with Crippen molar-refractivity contribution in [2.45, 2.75) is 24.7 Å². The largest absolute Gasteiger partial charge is 0.587 e. The summed E-state index contributed by atoms with van der Waals surface area (Å²) in [7, 11) is 1.23. The minimum atomic E-state index is -1.97. The first-order valence-electron chi connectivity index (χ1n) is 9.10. The van der Waals surface area contributed by atoms with Crippen LogP contribution in [-0.4, -0.2) is 19.2 Å². The van der Waals surface area contributed by atoms with Crippen LogP contribution in [0.5, 0.6) is 5.75 Å². The Morgan fingerprint density at radius 1 is 1.13 bits per heavy atom. The number of carbonyl (C=O) groups excluding carboxylic acids is 1. The molecule has 0 radical (unpaired) electrons. The molecule has 0 spiro atoms. The molecule has 3 aromatic rings. The molecule has 3 rings (SSSR count). The van der Waals surface area contributed by atoms with E-state index in [0.717, 1.165) is 20.3 Å². The van der Waals surface area contributed by atoms with E-state index in [-0.39, 0.29) is 5.75 Å². The fraction of sp³-hybridized carbons (Fsp3) is 0.190. The van der Waals surface area contributed by atoms with Crippen LogP contribution in [0.15, 0.2) is 75.5 Å². The molecule has 2 aromatic carbocycles. The van der Waals surface area contributed by atoms with E-state index in [2.05, 4.69) is 4.99 Å². The lowest BCUT2D eigenvalue weighted by Gasteiger charge is -2.13. The van der Waals surface area contributed by atoms with E-state index >= 15 is 0 Å². The molecule has 0 aliphatic rings. The van der Waals surface area contributed by atoms with E-state index in [0.29, 0.717) is 10.8 Å². The monoisotopic (exact) mass is 429 g/mol. The first-order chi connectivity index (χ1) is 14.3. The fourth-order valence-corrected chi connectivity index (χ4v) is 3.69. The highest BCUT2D eigenvalue weighted by Gasteiger charge is 2.20. The van der Waals surface area contributed by atoms with E-state index in [4.69, 9.17) is 4.74 Å². The summed E-state index contributed by atoms with van der Waals surface area (Å²) in [5.41, 5.74) is -0.274. The zero-order chi connectivity index (χ0) is 21.8. The fourth-order valence-electron chi connectivity index (χ4n) is 2.64. The van der Waals surface area contributed by atoms with Gasteiger partial charge >= 0.3 is 11.8 Å². The Kier molecular flexibility index (Phi) is 6.53. The van der Waals surface area contributed by atoms with Gasteiger partial charge in [0.05, 0.1) is 0 Å². The molecule has 0 fully saturated rings. The molecule has 0 N–H and O–H groups in total. The lowest BCUT2D eigenvalue weighted by molar-refractivity contribution is 0.209. The molecule has 0 aliphatic carbocycles. The molecule has 30 heavy (non-hydrogen) atoms. The Balaban J connectivity index is 1.94. The Morgan fingerprint density at radius 3 is 2.37 bits per heavy atom. The first kappa shape index (κ1) is 21.5. The number of carbonyl (C=O) groups is 1. The van der Waals surface area contributed by atoms with Crippen molar-refractivity contribution in [2.24, 2.45) is 12.0 Å². The molecule has 156 valence electrons. The van der Waals surface area contributed by atoms with Crippen molar-refractivity contribution in [1.82, 2.24) is 8.54 Å². The van der Waals surface area contributed by atoms with Gasteiger partial charge in [-0.1, -0.05) is 44.2 Å². The van der Waals surface area contributed by atoms with Gasteiger partial charge in [-0.25, -0.2) is 14.0 Å². The van der Waals surface area contributed by atoms with Gasteiger partial charge in [-0.3, -0.25) is 4.57 Å². The van der Waals surface area contributed by atoms with Gasteiger partial charge in [0.15, 0.2) is 16.2 Å². The highest BCUT2D eigenvalue weighted by molar-refractivity contribution is 7.89. The van der Waals surface area contributed by atoms with Crippen LogP contribution in [0.3, 0.4) is 0 Å². The minimum Gasteiger partial charge on any atom is -0.587 e. The lowest BCUT2D eigenvalue weighted by Crippen LogP contribution is -2.43. The summed E-state index contributed by atoms with van der Waals surface area (Å²) in [4.78, 5) is 28.5. The van der Waals surface area contributed by atoms with Crippen molar-refractivity contribution in [2.75, 3.05) is 0 Å². The molecule has 0 saturated heterocycles. The van der Waals surface area contributed by atoms with Crippen LogP contribution in [0.2, 0.25) is 0 Å². The Labute approximate surface area is 175 Å². The number of nitrogens with zero attached hydrogens (tertiary/aromatic N) is 3. The van der Waals surface area contributed by atoms with Crippen LogP contribution in [0.4, 0.5) is 9.18 Å². The van der Waals surface area contributed by atoms with Crippen LogP contribution in [0.1, 0.15) is 25.3 Å². The topological polar surface area (TPSA) is 88.6 Å². The minimum absolute atomic E-state index is 0.230. The van der Waals surface area contributed by atoms with Crippen molar-refractivity contribution < 1.29 is 18.5 Å². The molecule has 1 amide bonds. The van der Waals surface area contributed by atoms with Gasteiger partial charge in [0, 0.05) is 7.05 Å². The number of para-hydroxylation sites is 1. The summed E-state index contributed by atoms with van der Waals surface area (Å²) in [5.74, 6) is -0.468. The highest BCUT2D eigenvalue weighted by atomic mass is 32.2. The SMILES string of the molecule is CC(C)c1ccc([S+]([O-])n2cc(F)c(=NC(=O)Oc3ccccc3)n(C)c2=O)cc1. The number of rotatable bonds is 4. The zero-order valence-electron chi connectivity index (χ0n) is 16.6. The molecule has 1 unspecified atom stereocenters. The smallest absolute Gasteiger partial charge is 0.441 e. The number of ether oxygens (including phenoxy) is 1. The second kappa shape index (κ2) is 9.10. The summed E-state index contributed by atoms with van der Waals surface area (Å²) < 4.78 is 34.0. The molecule has 1 aromatic heterocycles. The second-order valence-electron chi connectivity index (χ2n) is 6.73. The van der Waals surface area contributed by atoms with Crippen LogP contribution >= 0.6 is 0 Å². The van der Waals surface area contributed by atoms with Gasteiger partial charge in [-0.15, -0.1) is 3.97 Å². The van der Waals surface area contributed by atoms with Crippen LogP contribution in [0.25, 0.3) is 0 Å². The quantitative estimate of drug-likeness (QED) is 0.596. The average molecular weight is 429 g/mol. The number of aromatic nitrogens is 2. The molecular weight excluding hydrogens is 409 g/mol. The summed E-state index contributed by atoms with van der Waals surface area (Å²) >= 11 is -1.97. The van der Waals surface area contributed by atoms with E-state index in [9.17, 15) is 18.5 Å². The third-order valence-electron chi connectivity index (χ3n) is 4.31. The predicted octanol–water partition coefficient (Wildman–Crippen LogP) is 3.12. The van der Waals surface area contributed by atoms with Crippen molar-refractivity contribution in [3.8, 4) is 5.75 Å². The molecule has 0 aliphatic heterocycles. The molecule has 7 nitrogen and oxygen atoms in total. The van der Waals surface area contributed by atoms with Crippen molar-refractivity contribution >= 4 is 17.5 Å². The zero-order valence-corrected chi connectivity index (χ0v) is 17.4. The number of halogens is 1. The number of amides is 1. The third kappa shape index (κ3) is 4.69. The lowest BCUT2D eigenvalue weighted by atomic mass is 10.0. The standard InChI is InChI=1S/C21H20FN3O4S/c1-14(2)15-9-11-17(12-10-15)30(28)25-13-18(22)19(24(3)21(25)27)23-20(26)29-16-7-5-4-6-8-16/h4-14H,1-3H3. The summed E-state index contributed by atoms with van der Waals surface area (Å²) in [6.07, 6.45) is -0.318. The van der Waals surface area contributed by atoms with E-state index in [1.54, 1.807) is 30.3 Å². The summed E-state index contributed by atoms with van der Waals surface area (Å²) in [6, 6.07) is 15.0. The molecule has 0 saturated carbocycles. The van der Waals surface area contributed by atoms with Crippen molar-refractivity contribution in [3.63, 3.8) is 0 Å². The van der Waals surface area contributed by atoms with Gasteiger partial charge in [0.25, 0.3) is 0 Å². The molecule has 0 bridgehead atoms. The van der Waals surface area contributed by atoms with Crippen LogP contribution in [-0.2, 0) is 18.4 Å². The highest BCUT2D eigenvalue weighted by Crippen LogP contribution is 2.18. The van der Waals surface area contributed by atoms with Crippen molar-refractivity contribution in [1.29, 1.82) is 0 Å². The van der Waals surface area contributed by atoms with Crippen molar-refractivity contribution in [3.05, 3.63) is 88.1 Å². The normalized spacial score (nSPS) is 12.8. The average Bonchev–Trinajstić information content (AvgIpc) is 2.74. The number of hydrogen-bond donors (Lipinski definition) is 0. The molecule has 1 atom stereocenters. The van der Waals surface area contributed by atoms with Gasteiger partial charge in [-0.2, -0.15) is 4.99 Å². The summed E-state index contributed by atoms with van der Waals surface area (Å²) in [5, 5.41) is 0. The van der Waals surface area contributed by atoms with Gasteiger partial charge in [0.2, 0.25) is 0 Å². The Hall–Kier alpha value is -3.17. The predicted molar refractivity (Wildman–Crippen MR) is 110 cm³/mol. The van der Waals surface area contributed by atoms with E-state index < -0.39 is 34.4 Å². The number of hydrogen-bond acceptors (Lipinski definition) is 4. The van der Waals surface area contributed by atoms with Crippen LogP contribution in [0, 0.1) is 5.82 Å². The Bertz CT molecular complexity index is 1170. The summed E-state index contributed by atoms with van der Waals surface area (Å²) in [6.45, 7) is 4.05. The molecule has 9 heteroatoms. The molecular formula is C21H20FN3O4S. The first-order valence-corrected chi connectivity index (χ1v) is 10.2.